The summed E-state index contributed by atoms with van der Waals surface area (Å²) >= 11 is 0. The Kier molecular flexibility index (Phi) is 6.84. The third-order valence-corrected chi connectivity index (χ3v) is 10.2. The van der Waals surface area contributed by atoms with Crippen molar-refractivity contribution in [1.82, 2.24) is 0 Å². The molecule has 0 amide bonds. The highest BCUT2D eigenvalue weighted by Crippen LogP contribution is 2.44. The van der Waals surface area contributed by atoms with Crippen LogP contribution < -0.4 is 4.90 Å². The fraction of sp³-hybridized carbons (Fsp3) is 0. The maximum Gasteiger partial charge on any atom is 0.143 e. The average Bonchev–Trinajstić information content (AvgIpc) is 3.68. The molecule has 0 N–H and O–H groups in total. The minimum absolute atomic E-state index is 0.0976. The number of benzene rings is 9. The molecule has 0 aliphatic heterocycles. The van der Waals surface area contributed by atoms with Gasteiger partial charge in [-0.05, 0) is 86.7 Å². The lowest BCUT2D eigenvalue weighted by Gasteiger charge is -2.28. The monoisotopic (exact) mass is 693 g/mol. The molecule has 0 bridgehead atoms. The van der Waals surface area contributed by atoms with Crippen LogP contribution in [0, 0.1) is 0 Å². The Labute approximate surface area is 320 Å². The summed E-state index contributed by atoms with van der Waals surface area (Å²) in [6.45, 7) is 0. The highest BCUT2D eigenvalue weighted by Gasteiger charge is 2.19. The molecule has 0 saturated heterocycles. The zero-order valence-corrected chi connectivity index (χ0v) is 29.3. The van der Waals surface area contributed by atoms with Crippen LogP contribution in [0.4, 0.5) is 17.1 Å². The van der Waals surface area contributed by atoms with Gasteiger partial charge in [0, 0.05) is 33.1 Å². The molecular weight excluding hydrogens is 655 g/mol. The van der Waals surface area contributed by atoms with Crippen molar-refractivity contribution in [2.45, 2.75) is 0 Å². The number of para-hydroxylation sites is 1. The van der Waals surface area contributed by atoms with Gasteiger partial charge in [-0.15, -0.1) is 0 Å². The molecule has 54 heavy (non-hydrogen) atoms. The minimum atomic E-state index is -0.125. The summed E-state index contributed by atoms with van der Waals surface area (Å²) < 4.78 is 44.0. The Hall–Kier alpha value is -7.16. The Bertz CT molecular complexity index is 3110. The number of hydrogen-bond acceptors (Lipinski definition) is 2. The predicted molar refractivity (Wildman–Crippen MR) is 228 cm³/mol. The molecule has 1 aromatic heterocycles. The molecule has 10 rings (SSSR count). The zero-order chi connectivity index (χ0) is 39.3. The Morgan fingerprint density at radius 2 is 0.944 bits per heavy atom. The van der Waals surface area contributed by atoms with Crippen LogP contribution in [0.5, 0.6) is 0 Å². The Morgan fingerprint density at radius 1 is 0.370 bits per heavy atom. The lowest BCUT2D eigenvalue weighted by Crippen LogP contribution is -2.11. The largest absolute Gasteiger partial charge is 0.455 e. The maximum atomic E-state index is 9.49. The first-order valence-corrected chi connectivity index (χ1v) is 18.1. The van der Waals surface area contributed by atoms with Gasteiger partial charge in [0.05, 0.1) is 11.2 Å². The van der Waals surface area contributed by atoms with Crippen molar-refractivity contribution in [2.24, 2.45) is 0 Å². The van der Waals surface area contributed by atoms with Gasteiger partial charge in [0.1, 0.15) is 11.2 Å². The van der Waals surface area contributed by atoms with Crippen molar-refractivity contribution < 1.29 is 9.90 Å². The molecule has 10 aromatic rings. The van der Waals surface area contributed by atoms with Gasteiger partial charge in [0.2, 0.25) is 0 Å². The molecular formula is C52H35NO. The average molecular weight is 694 g/mol. The predicted octanol–water partition coefficient (Wildman–Crippen LogP) is 14.9. The van der Waals surface area contributed by atoms with E-state index in [1.165, 1.54) is 0 Å². The van der Waals surface area contributed by atoms with Crippen molar-refractivity contribution in [2.75, 3.05) is 4.90 Å². The first-order chi connectivity index (χ1) is 28.5. The molecule has 2 nitrogen and oxygen atoms in total. The highest BCUT2D eigenvalue weighted by atomic mass is 16.3. The molecule has 0 radical (unpaired) electrons. The standard InChI is InChI=1S/C52H35NO/c1-3-12-36(13-4-1)38-22-24-41(25-23-38)45-17-9-10-20-49(45)53(43-31-26-39(27-32-43)37-14-5-2-6-15-37)44-33-28-42(29-34-44)46-19-11-21-50-51(46)48-35-30-40-16-7-8-18-47(40)52(48)54-50/h1-35H/i26D,27D,31D,32D. The van der Waals surface area contributed by atoms with Crippen LogP contribution >= 0.6 is 0 Å². The molecule has 0 aliphatic carbocycles. The second-order valence-corrected chi connectivity index (χ2v) is 13.4. The van der Waals surface area contributed by atoms with E-state index in [2.05, 4.69) is 78.9 Å². The number of anilines is 3. The third-order valence-electron chi connectivity index (χ3n) is 10.2. The minimum Gasteiger partial charge on any atom is -0.455 e. The van der Waals surface area contributed by atoms with Crippen LogP contribution in [0.15, 0.2) is 217 Å². The third kappa shape index (κ3) is 5.62. The highest BCUT2D eigenvalue weighted by molar-refractivity contribution is 6.19. The fourth-order valence-corrected chi connectivity index (χ4v) is 7.53. The van der Waals surface area contributed by atoms with Crippen molar-refractivity contribution in [3.8, 4) is 44.5 Å². The summed E-state index contributed by atoms with van der Waals surface area (Å²) in [5.74, 6) is 0. The molecule has 254 valence electrons. The van der Waals surface area contributed by atoms with E-state index in [0.29, 0.717) is 11.3 Å². The molecule has 0 atom stereocenters. The lowest BCUT2D eigenvalue weighted by molar-refractivity contribution is 0.673. The zero-order valence-electron chi connectivity index (χ0n) is 33.3. The van der Waals surface area contributed by atoms with E-state index in [0.717, 1.165) is 71.8 Å². The summed E-state index contributed by atoms with van der Waals surface area (Å²) in [4.78, 5) is 1.87. The van der Waals surface area contributed by atoms with Crippen LogP contribution in [0.2, 0.25) is 0 Å². The van der Waals surface area contributed by atoms with Gasteiger partial charge in [-0.25, -0.2) is 0 Å². The van der Waals surface area contributed by atoms with Gasteiger partial charge in [-0.2, -0.15) is 0 Å². The van der Waals surface area contributed by atoms with E-state index in [-0.39, 0.29) is 35.4 Å². The quantitative estimate of drug-likeness (QED) is 0.165. The van der Waals surface area contributed by atoms with E-state index >= 15 is 0 Å². The van der Waals surface area contributed by atoms with E-state index in [1.54, 1.807) is 0 Å². The number of rotatable bonds is 7. The first kappa shape index (κ1) is 27.5. The SMILES string of the molecule is [2H]c1c([2H])c(N(c2ccc(-c3cccc4oc5c6ccccc6ccc5c34)cc2)c2ccccc2-c2ccc(-c3ccccc3)cc2)c([2H])c([2H])c1-c1ccccc1. The molecule has 2 heteroatoms. The molecule has 9 aromatic carbocycles. The topological polar surface area (TPSA) is 16.4 Å². The number of hydrogen-bond donors (Lipinski definition) is 0. The molecule has 0 fully saturated rings. The van der Waals surface area contributed by atoms with Crippen LogP contribution in [0.3, 0.4) is 0 Å². The van der Waals surface area contributed by atoms with Crippen LogP contribution in [-0.2, 0) is 0 Å². The van der Waals surface area contributed by atoms with E-state index in [4.69, 9.17) is 4.42 Å². The van der Waals surface area contributed by atoms with Gasteiger partial charge in [-0.1, -0.05) is 170 Å². The van der Waals surface area contributed by atoms with Crippen LogP contribution in [0.25, 0.3) is 77.2 Å². The maximum absolute atomic E-state index is 9.49. The second-order valence-electron chi connectivity index (χ2n) is 13.4. The smallest absolute Gasteiger partial charge is 0.143 e. The second kappa shape index (κ2) is 13.4. The summed E-state index contributed by atoms with van der Waals surface area (Å²) in [7, 11) is 0. The molecule has 0 aliphatic rings. The summed E-state index contributed by atoms with van der Waals surface area (Å²) in [6, 6.07) is 62.1. The van der Waals surface area contributed by atoms with Gasteiger partial charge >= 0.3 is 0 Å². The fourth-order valence-electron chi connectivity index (χ4n) is 7.53. The van der Waals surface area contributed by atoms with Crippen molar-refractivity contribution >= 4 is 49.8 Å². The summed E-state index contributed by atoms with van der Waals surface area (Å²) in [5.41, 5.74) is 10.2. The van der Waals surface area contributed by atoms with Gasteiger partial charge in [-0.3, -0.25) is 0 Å². The van der Waals surface area contributed by atoms with Gasteiger partial charge in [0.25, 0.3) is 0 Å². The number of fused-ring (bicyclic) bond motifs is 5. The summed E-state index contributed by atoms with van der Waals surface area (Å²) in [6.07, 6.45) is 0. The van der Waals surface area contributed by atoms with E-state index < -0.39 is 0 Å². The van der Waals surface area contributed by atoms with Gasteiger partial charge < -0.3 is 9.32 Å². The molecule has 0 saturated carbocycles. The van der Waals surface area contributed by atoms with Crippen molar-refractivity contribution in [3.05, 3.63) is 212 Å². The van der Waals surface area contributed by atoms with Crippen LogP contribution in [-0.4, -0.2) is 0 Å². The normalized spacial score (nSPS) is 12.4. The van der Waals surface area contributed by atoms with E-state index in [9.17, 15) is 5.48 Å². The molecule has 1 heterocycles. The van der Waals surface area contributed by atoms with Crippen molar-refractivity contribution in [1.29, 1.82) is 0 Å². The lowest BCUT2D eigenvalue weighted by atomic mass is 9.97. The Morgan fingerprint density at radius 3 is 1.70 bits per heavy atom. The molecule has 0 spiro atoms. The Balaban J connectivity index is 1.15. The molecule has 0 unspecified atom stereocenters. The van der Waals surface area contributed by atoms with Gasteiger partial charge in [0.15, 0.2) is 0 Å². The summed E-state index contributed by atoms with van der Waals surface area (Å²) in [5, 5.41) is 4.27. The van der Waals surface area contributed by atoms with Crippen LogP contribution in [0.1, 0.15) is 5.48 Å². The number of nitrogens with zero attached hydrogens (tertiary/aromatic N) is 1. The first-order valence-electron chi connectivity index (χ1n) is 20.1. The van der Waals surface area contributed by atoms with Crippen molar-refractivity contribution in [3.63, 3.8) is 0 Å². The van der Waals surface area contributed by atoms with E-state index in [1.807, 2.05) is 114 Å². The number of furan rings is 1.